The van der Waals surface area contributed by atoms with Crippen LogP contribution in [0.1, 0.15) is 44.3 Å². The zero-order chi connectivity index (χ0) is 21.3. The Morgan fingerprint density at radius 2 is 1.93 bits per heavy atom. The number of aromatic nitrogens is 4. The zero-order valence-corrected chi connectivity index (χ0v) is 17.9. The Hall–Kier alpha value is -3.10. The van der Waals surface area contributed by atoms with Gasteiger partial charge < -0.3 is 24.6 Å². The first kappa shape index (κ1) is 20.2. The molecular formula is C21H28N6O3. The van der Waals surface area contributed by atoms with Gasteiger partial charge in [0.15, 0.2) is 17.3 Å². The molecule has 9 heteroatoms. The number of nitrogen functional groups attached to an aromatic ring is 1. The van der Waals surface area contributed by atoms with Crippen molar-refractivity contribution in [1.29, 1.82) is 0 Å². The smallest absolute Gasteiger partial charge is 0.231 e. The molecule has 1 atom stereocenters. The Morgan fingerprint density at radius 1 is 1.17 bits per heavy atom. The molecular weight excluding hydrogens is 384 g/mol. The summed E-state index contributed by atoms with van der Waals surface area (Å²) in [7, 11) is 3.19. The van der Waals surface area contributed by atoms with Crippen molar-refractivity contribution in [2.24, 2.45) is 5.92 Å². The molecule has 1 saturated heterocycles. The van der Waals surface area contributed by atoms with Crippen molar-refractivity contribution in [2.45, 2.75) is 39.0 Å². The van der Waals surface area contributed by atoms with Gasteiger partial charge in [-0.05, 0) is 24.8 Å². The van der Waals surface area contributed by atoms with E-state index in [2.05, 4.69) is 33.9 Å². The van der Waals surface area contributed by atoms with Crippen molar-refractivity contribution < 1.29 is 14.0 Å². The van der Waals surface area contributed by atoms with Crippen molar-refractivity contribution in [3.8, 4) is 11.5 Å². The van der Waals surface area contributed by atoms with Gasteiger partial charge in [0.1, 0.15) is 5.82 Å². The van der Waals surface area contributed by atoms with Gasteiger partial charge in [0.05, 0.1) is 25.7 Å². The summed E-state index contributed by atoms with van der Waals surface area (Å²) < 4.78 is 16.3. The molecule has 4 rings (SSSR count). The summed E-state index contributed by atoms with van der Waals surface area (Å²) in [5.74, 6) is 4.31. The molecule has 0 saturated carbocycles. The molecule has 2 aromatic heterocycles. The van der Waals surface area contributed by atoms with Crippen LogP contribution in [-0.2, 0) is 6.42 Å². The number of ether oxygens (including phenoxy) is 2. The Balaban J connectivity index is 1.60. The molecule has 1 unspecified atom stereocenters. The van der Waals surface area contributed by atoms with E-state index in [1.807, 2.05) is 6.07 Å². The molecule has 0 bridgehead atoms. The molecule has 1 aliphatic heterocycles. The number of hydrogen-bond donors (Lipinski definition) is 1. The van der Waals surface area contributed by atoms with Crippen LogP contribution >= 0.6 is 0 Å². The third-order valence-corrected chi connectivity index (χ3v) is 5.35. The molecule has 1 fully saturated rings. The van der Waals surface area contributed by atoms with Crippen LogP contribution in [0.2, 0.25) is 0 Å². The Labute approximate surface area is 175 Å². The predicted molar refractivity (Wildman–Crippen MR) is 114 cm³/mol. The van der Waals surface area contributed by atoms with E-state index in [1.165, 1.54) is 0 Å². The summed E-state index contributed by atoms with van der Waals surface area (Å²) in [4.78, 5) is 16.1. The summed E-state index contributed by atoms with van der Waals surface area (Å²) in [5, 5.41) is 4.87. The van der Waals surface area contributed by atoms with Crippen molar-refractivity contribution in [3.05, 3.63) is 23.8 Å². The van der Waals surface area contributed by atoms with Gasteiger partial charge in [-0.2, -0.15) is 9.97 Å². The first-order valence-corrected chi connectivity index (χ1v) is 10.2. The van der Waals surface area contributed by atoms with E-state index < -0.39 is 0 Å². The molecule has 9 nitrogen and oxygen atoms in total. The summed E-state index contributed by atoms with van der Waals surface area (Å²) >= 11 is 0. The Morgan fingerprint density at radius 3 is 2.67 bits per heavy atom. The average molecular weight is 412 g/mol. The average Bonchev–Trinajstić information content (AvgIpc) is 3.20. The minimum atomic E-state index is 0.151. The van der Waals surface area contributed by atoms with Crippen LogP contribution in [0.5, 0.6) is 11.5 Å². The van der Waals surface area contributed by atoms with Crippen LogP contribution < -0.4 is 20.1 Å². The molecule has 3 heterocycles. The monoisotopic (exact) mass is 412 g/mol. The lowest BCUT2D eigenvalue weighted by Gasteiger charge is -2.31. The number of benzene rings is 1. The van der Waals surface area contributed by atoms with Crippen LogP contribution in [-0.4, -0.2) is 47.4 Å². The topological polar surface area (TPSA) is 112 Å². The van der Waals surface area contributed by atoms with Gasteiger partial charge in [-0.25, -0.2) is 4.98 Å². The second-order valence-electron chi connectivity index (χ2n) is 8.07. The highest BCUT2D eigenvalue weighted by Gasteiger charge is 2.28. The van der Waals surface area contributed by atoms with E-state index in [0.29, 0.717) is 47.1 Å². The number of fused-ring (bicyclic) bond motifs is 1. The lowest BCUT2D eigenvalue weighted by atomic mass is 9.98. The van der Waals surface area contributed by atoms with E-state index >= 15 is 0 Å². The molecule has 1 aliphatic rings. The lowest BCUT2D eigenvalue weighted by Crippen LogP contribution is -2.35. The second-order valence-corrected chi connectivity index (χ2v) is 8.07. The number of rotatable bonds is 6. The third kappa shape index (κ3) is 3.96. The molecule has 0 aliphatic carbocycles. The van der Waals surface area contributed by atoms with Gasteiger partial charge in [-0.3, -0.25) is 0 Å². The van der Waals surface area contributed by atoms with Gasteiger partial charge in [0, 0.05) is 31.0 Å². The molecule has 30 heavy (non-hydrogen) atoms. The van der Waals surface area contributed by atoms with Crippen LogP contribution in [0.25, 0.3) is 10.9 Å². The third-order valence-electron chi connectivity index (χ3n) is 5.35. The van der Waals surface area contributed by atoms with E-state index in [9.17, 15) is 0 Å². The number of anilines is 2. The SMILES string of the molecule is COc1cc2nc(N3CCCC(c4nc(CC(C)C)no4)C3)nc(N)c2cc1OC. The van der Waals surface area contributed by atoms with E-state index in [-0.39, 0.29) is 5.92 Å². The maximum Gasteiger partial charge on any atom is 0.231 e. The predicted octanol–water partition coefficient (Wildman–Crippen LogP) is 3.19. The fourth-order valence-electron chi connectivity index (χ4n) is 3.85. The van der Waals surface area contributed by atoms with Crippen molar-refractivity contribution in [2.75, 3.05) is 37.9 Å². The summed E-state index contributed by atoms with van der Waals surface area (Å²) in [5.41, 5.74) is 6.98. The quantitative estimate of drug-likeness (QED) is 0.652. The minimum Gasteiger partial charge on any atom is -0.493 e. The van der Waals surface area contributed by atoms with Crippen LogP contribution in [0.4, 0.5) is 11.8 Å². The fraction of sp³-hybridized carbons (Fsp3) is 0.524. The van der Waals surface area contributed by atoms with Crippen molar-refractivity contribution in [1.82, 2.24) is 20.1 Å². The largest absolute Gasteiger partial charge is 0.493 e. The highest BCUT2D eigenvalue weighted by molar-refractivity contribution is 5.91. The molecule has 0 spiro atoms. The molecule has 0 radical (unpaired) electrons. The molecule has 0 amide bonds. The second kappa shape index (κ2) is 8.33. The number of nitrogens with two attached hydrogens (primary N) is 1. The van der Waals surface area contributed by atoms with Crippen LogP contribution in [0, 0.1) is 5.92 Å². The number of nitrogens with zero attached hydrogens (tertiary/aromatic N) is 5. The molecule has 1 aromatic carbocycles. The first-order chi connectivity index (χ1) is 14.5. The van der Waals surface area contributed by atoms with E-state index in [0.717, 1.165) is 37.0 Å². The van der Waals surface area contributed by atoms with Crippen LogP contribution in [0.3, 0.4) is 0 Å². The number of piperidine rings is 1. The number of hydrogen-bond acceptors (Lipinski definition) is 9. The van der Waals surface area contributed by atoms with Gasteiger partial charge >= 0.3 is 0 Å². The Kier molecular flexibility index (Phi) is 5.61. The van der Waals surface area contributed by atoms with Gasteiger partial charge in [0.2, 0.25) is 11.8 Å². The normalized spacial score (nSPS) is 17.0. The van der Waals surface area contributed by atoms with Gasteiger partial charge in [0.25, 0.3) is 0 Å². The summed E-state index contributed by atoms with van der Waals surface area (Å²) in [6, 6.07) is 3.63. The van der Waals surface area contributed by atoms with E-state index in [1.54, 1.807) is 20.3 Å². The molecule has 2 N–H and O–H groups in total. The summed E-state index contributed by atoms with van der Waals surface area (Å²) in [6.07, 6.45) is 2.79. The van der Waals surface area contributed by atoms with E-state index in [4.69, 9.17) is 24.7 Å². The zero-order valence-electron chi connectivity index (χ0n) is 17.9. The highest BCUT2D eigenvalue weighted by atomic mass is 16.5. The minimum absolute atomic E-state index is 0.151. The fourth-order valence-corrected chi connectivity index (χ4v) is 3.85. The Bertz CT molecular complexity index is 1030. The lowest BCUT2D eigenvalue weighted by molar-refractivity contribution is 0.329. The van der Waals surface area contributed by atoms with Gasteiger partial charge in [-0.1, -0.05) is 19.0 Å². The maximum absolute atomic E-state index is 6.26. The van der Waals surface area contributed by atoms with Crippen molar-refractivity contribution >= 4 is 22.7 Å². The van der Waals surface area contributed by atoms with Gasteiger partial charge in [-0.15, -0.1) is 0 Å². The summed E-state index contributed by atoms with van der Waals surface area (Å²) in [6.45, 7) is 5.85. The standard InChI is InChI=1S/C21H28N6O3/c1-12(2)8-18-24-20(30-26-18)13-6-5-7-27(11-13)21-23-15-10-17(29-4)16(28-3)9-14(15)19(22)25-21/h9-10,12-13H,5-8,11H2,1-4H3,(H2,22,23,25). The molecule has 3 aromatic rings. The first-order valence-electron chi connectivity index (χ1n) is 10.2. The van der Waals surface area contributed by atoms with Crippen LogP contribution in [0.15, 0.2) is 16.7 Å². The number of methoxy groups -OCH3 is 2. The molecule has 160 valence electrons. The highest BCUT2D eigenvalue weighted by Crippen LogP contribution is 2.35. The van der Waals surface area contributed by atoms with Crippen molar-refractivity contribution in [3.63, 3.8) is 0 Å². The maximum atomic E-state index is 6.26.